The summed E-state index contributed by atoms with van der Waals surface area (Å²) in [6.07, 6.45) is 3.72. The van der Waals surface area contributed by atoms with Gasteiger partial charge in [-0.05, 0) is 62.8 Å². The van der Waals surface area contributed by atoms with Crippen molar-refractivity contribution in [1.82, 2.24) is 4.98 Å². The second-order valence-electron chi connectivity index (χ2n) is 6.79. The van der Waals surface area contributed by atoms with Crippen molar-refractivity contribution in [2.24, 2.45) is 0 Å². The van der Waals surface area contributed by atoms with Crippen LogP contribution >= 0.6 is 11.8 Å². The standard InChI is InChI=1S/C21H22N2O3S/c1-13(2)26-19(25)12-27-21-17(11-22)20(14-7-9-15(24)10-8-14)16-5-3-4-6-18(16)23-21/h7-10,13,24H,3-6,12H2,1-2H3. The zero-order valence-corrected chi connectivity index (χ0v) is 16.3. The molecule has 0 saturated heterocycles. The van der Waals surface area contributed by atoms with E-state index >= 15 is 0 Å². The van der Waals surface area contributed by atoms with Crippen molar-refractivity contribution in [1.29, 1.82) is 5.26 Å². The van der Waals surface area contributed by atoms with Gasteiger partial charge in [0.25, 0.3) is 0 Å². The topological polar surface area (TPSA) is 83.2 Å². The lowest BCUT2D eigenvalue weighted by atomic mass is 9.87. The molecule has 5 nitrogen and oxygen atoms in total. The van der Waals surface area contributed by atoms with Gasteiger partial charge in [-0.1, -0.05) is 23.9 Å². The van der Waals surface area contributed by atoms with Crippen LogP contribution in [0.25, 0.3) is 11.1 Å². The van der Waals surface area contributed by atoms with Gasteiger partial charge in [0.15, 0.2) is 0 Å². The van der Waals surface area contributed by atoms with E-state index in [4.69, 9.17) is 9.72 Å². The lowest BCUT2D eigenvalue weighted by Gasteiger charge is -2.22. The molecular formula is C21H22N2O3S. The van der Waals surface area contributed by atoms with Gasteiger partial charge in [0.2, 0.25) is 0 Å². The van der Waals surface area contributed by atoms with E-state index in [0.717, 1.165) is 48.1 Å². The van der Waals surface area contributed by atoms with Crippen LogP contribution in [0.15, 0.2) is 29.3 Å². The van der Waals surface area contributed by atoms with E-state index in [9.17, 15) is 15.2 Å². The number of benzene rings is 1. The molecule has 1 aliphatic carbocycles. The summed E-state index contributed by atoms with van der Waals surface area (Å²) in [5, 5.41) is 20.0. The molecule has 140 valence electrons. The molecule has 0 amide bonds. The Morgan fingerprint density at radius 3 is 2.67 bits per heavy atom. The number of phenolic OH excluding ortho intramolecular Hbond substituents is 1. The van der Waals surface area contributed by atoms with E-state index in [1.54, 1.807) is 12.1 Å². The Morgan fingerprint density at radius 1 is 1.30 bits per heavy atom. The Balaban J connectivity index is 2.04. The summed E-state index contributed by atoms with van der Waals surface area (Å²) >= 11 is 1.25. The van der Waals surface area contributed by atoms with Crippen molar-refractivity contribution in [3.8, 4) is 22.9 Å². The Kier molecular flexibility index (Phi) is 6.02. The first-order chi connectivity index (χ1) is 13.0. The summed E-state index contributed by atoms with van der Waals surface area (Å²) < 4.78 is 5.19. The maximum absolute atomic E-state index is 11.9. The maximum atomic E-state index is 11.9. The number of hydrogen-bond acceptors (Lipinski definition) is 6. The summed E-state index contributed by atoms with van der Waals surface area (Å²) in [4.78, 5) is 16.6. The molecule has 0 atom stereocenters. The summed E-state index contributed by atoms with van der Waals surface area (Å²) in [6, 6.07) is 9.18. The van der Waals surface area contributed by atoms with Gasteiger partial charge in [0, 0.05) is 11.3 Å². The molecule has 1 aliphatic rings. The second kappa shape index (κ2) is 8.45. The summed E-state index contributed by atoms with van der Waals surface area (Å²) in [6.45, 7) is 3.62. The Hall–Kier alpha value is -2.52. The van der Waals surface area contributed by atoms with Crippen LogP contribution in [0.2, 0.25) is 0 Å². The number of pyridine rings is 1. The normalized spacial score (nSPS) is 13.1. The van der Waals surface area contributed by atoms with Crippen LogP contribution in [0, 0.1) is 11.3 Å². The van der Waals surface area contributed by atoms with Crippen LogP contribution in [0.5, 0.6) is 5.75 Å². The fourth-order valence-electron chi connectivity index (χ4n) is 3.30. The number of thioether (sulfide) groups is 1. The number of fused-ring (bicyclic) bond motifs is 1. The number of carbonyl (C=O) groups excluding carboxylic acids is 1. The zero-order chi connectivity index (χ0) is 19.4. The highest BCUT2D eigenvalue weighted by Crippen LogP contribution is 2.38. The molecule has 0 aliphatic heterocycles. The first kappa shape index (κ1) is 19.2. The number of nitriles is 1. The molecule has 1 aromatic carbocycles. The highest BCUT2D eigenvalue weighted by Gasteiger charge is 2.23. The quantitative estimate of drug-likeness (QED) is 0.615. The van der Waals surface area contributed by atoms with Gasteiger partial charge in [-0.15, -0.1) is 0 Å². The van der Waals surface area contributed by atoms with Crippen molar-refractivity contribution < 1.29 is 14.6 Å². The monoisotopic (exact) mass is 382 g/mol. The third-order valence-corrected chi connectivity index (χ3v) is 5.35. The molecular weight excluding hydrogens is 360 g/mol. The SMILES string of the molecule is CC(C)OC(=O)CSc1nc2c(c(-c3ccc(O)cc3)c1C#N)CCCC2. The molecule has 2 aromatic rings. The van der Waals surface area contributed by atoms with Crippen LogP contribution < -0.4 is 0 Å². The Morgan fingerprint density at radius 2 is 2.00 bits per heavy atom. The van der Waals surface area contributed by atoms with Crippen LogP contribution in [0.3, 0.4) is 0 Å². The van der Waals surface area contributed by atoms with E-state index in [1.807, 2.05) is 26.0 Å². The summed E-state index contributed by atoms with van der Waals surface area (Å²) in [7, 11) is 0. The van der Waals surface area contributed by atoms with E-state index in [0.29, 0.717) is 10.6 Å². The minimum Gasteiger partial charge on any atom is -0.508 e. The van der Waals surface area contributed by atoms with Gasteiger partial charge < -0.3 is 9.84 Å². The third-order valence-electron chi connectivity index (χ3n) is 4.40. The van der Waals surface area contributed by atoms with E-state index in [2.05, 4.69) is 6.07 Å². The predicted octanol–water partition coefficient (Wildman–Crippen LogP) is 4.25. The number of aromatic nitrogens is 1. The molecule has 27 heavy (non-hydrogen) atoms. The van der Waals surface area contributed by atoms with Gasteiger partial charge in [0.05, 0.1) is 17.4 Å². The maximum Gasteiger partial charge on any atom is 0.316 e. The molecule has 0 saturated carbocycles. The molecule has 0 radical (unpaired) electrons. The average Bonchev–Trinajstić information content (AvgIpc) is 2.65. The molecule has 6 heteroatoms. The number of carbonyl (C=O) groups is 1. The smallest absolute Gasteiger partial charge is 0.316 e. The third kappa shape index (κ3) is 4.42. The highest BCUT2D eigenvalue weighted by molar-refractivity contribution is 7.99. The number of ether oxygens (including phenoxy) is 1. The van der Waals surface area contributed by atoms with Crippen LogP contribution in [0.1, 0.15) is 43.5 Å². The first-order valence-electron chi connectivity index (χ1n) is 9.07. The number of hydrogen-bond donors (Lipinski definition) is 1. The van der Waals surface area contributed by atoms with Crippen LogP contribution in [-0.4, -0.2) is 27.9 Å². The molecule has 0 bridgehead atoms. The van der Waals surface area contributed by atoms with E-state index in [1.165, 1.54) is 11.8 Å². The minimum atomic E-state index is -0.315. The van der Waals surface area contributed by atoms with Gasteiger partial charge in [-0.2, -0.15) is 5.26 Å². The molecule has 1 aromatic heterocycles. The Bertz CT molecular complexity index is 886. The number of phenols is 1. The van der Waals surface area contributed by atoms with Gasteiger partial charge in [0.1, 0.15) is 16.8 Å². The van der Waals surface area contributed by atoms with E-state index < -0.39 is 0 Å². The average molecular weight is 382 g/mol. The number of rotatable bonds is 5. The molecule has 1 heterocycles. The largest absolute Gasteiger partial charge is 0.508 e. The van der Waals surface area contributed by atoms with Crippen LogP contribution in [-0.2, 0) is 22.4 Å². The predicted molar refractivity (Wildman–Crippen MR) is 105 cm³/mol. The second-order valence-corrected chi connectivity index (χ2v) is 7.75. The molecule has 0 spiro atoms. The molecule has 0 fully saturated rings. The van der Waals surface area contributed by atoms with Crippen LogP contribution in [0.4, 0.5) is 0 Å². The number of aromatic hydroxyl groups is 1. The van der Waals surface area contributed by atoms with Crippen molar-refractivity contribution in [3.63, 3.8) is 0 Å². The van der Waals surface area contributed by atoms with Crippen molar-refractivity contribution >= 4 is 17.7 Å². The summed E-state index contributed by atoms with van der Waals surface area (Å²) in [5.74, 6) is -0.0102. The summed E-state index contributed by atoms with van der Waals surface area (Å²) in [5.41, 5.74) is 4.36. The fraction of sp³-hybridized carbons (Fsp3) is 0.381. The van der Waals surface area contributed by atoms with Crippen molar-refractivity contribution in [2.75, 3.05) is 5.75 Å². The Labute approximate surface area is 163 Å². The molecule has 0 unspecified atom stereocenters. The number of nitrogens with zero attached hydrogens (tertiary/aromatic N) is 2. The van der Waals surface area contributed by atoms with Gasteiger partial charge in [-0.25, -0.2) is 4.98 Å². The van der Waals surface area contributed by atoms with Gasteiger partial charge >= 0.3 is 5.97 Å². The molecule has 3 rings (SSSR count). The first-order valence-corrected chi connectivity index (χ1v) is 10.1. The fourth-order valence-corrected chi connectivity index (χ4v) is 4.09. The minimum absolute atomic E-state index is 0.119. The molecule has 1 N–H and O–H groups in total. The van der Waals surface area contributed by atoms with Gasteiger partial charge in [-0.3, -0.25) is 4.79 Å². The lowest BCUT2D eigenvalue weighted by molar-refractivity contribution is -0.144. The van der Waals surface area contributed by atoms with E-state index in [-0.39, 0.29) is 23.6 Å². The van der Waals surface area contributed by atoms with Crippen molar-refractivity contribution in [3.05, 3.63) is 41.1 Å². The highest BCUT2D eigenvalue weighted by atomic mass is 32.2. The number of aryl methyl sites for hydroxylation is 1. The zero-order valence-electron chi connectivity index (χ0n) is 15.5. The lowest BCUT2D eigenvalue weighted by Crippen LogP contribution is -2.14. The van der Waals surface area contributed by atoms with Crippen molar-refractivity contribution in [2.45, 2.75) is 50.7 Å². The number of esters is 1.